The van der Waals surface area contributed by atoms with Gasteiger partial charge in [-0.05, 0) is 133 Å². The molecule has 11 heteroatoms. The zero-order valence-electron chi connectivity index (χ0n) is 30.5. The lowest BCUT2D eigenvalue weighted by atomic mass is 9.45. The third-order valence-electron chi connectivity index (χ3n) is 10.8. The van der Waals surface area contributed by atoms with Gasteiger partial charge in [-0.3, -0.25) is 4.79 Å². The van der Waals surface area contributed by atoms with Crippen molar-refractivity contribution in [3.05, 3.63) is 11.6 Å². The molecule has 254 valence electrons. The van der Waals surface area contributed by atoms with Gasteiger partial charge in [0.2, 0.25) is 0 Å². The second-order valence-electron chi connectivity index (χ2n) is 17.6. The summed E-state index contributed by atoms with van der Waals surface area (Å²) in [5, 5.41) is 14.8. The van der Waals surface area contributed by atoms with E-state index < -0.39 is 25.0 Å². The maximum atomic E-state index is 12.1. The van der Waals surface area contributed by atoms with Gasteiger partial charge in [-0.2, -0.15) is 0 Å². The molecule has 3 fully saturated rings. The first kappa shape index (κ1) is 36.1. The van der Waals surface area contributed by atoms with Gasteiger partial charge < -0.3 is 18.3 Å². The predicted molar refractivity (Wildman–Crippen MR) is 192 cm³/mol. The number of ether oxygens (including phenoxy) is 1. The quantitative estimate of drug-likeness (QED) is 0.131. The largest absolute Gasteiger partial charge is 0.469 e. The number of nitrogens with zero attached hydrogens (tertiary/aromatic N) is 3. The molecule has 45 heavy (non-hydrogen) atoms. The average molecular weight is 676 g/mol. The van der Waals surface area contributed by atoms with Gasteiger partial charge in [0.1, 0.15) is 0 Å². The molecule has 0 spiro atoms. The molecule has 4 aliphatic carbocycles. The van der Waals surface area contributed by atoms with Crippen molar-refractivity contribution in [1.29, 1.82) is 0 Å². The first-order valence-electron chi connectivity index (χ1n) is 17.2. The number of methoxy groups -OCH3 is 1. The molecule has 7 atom stereocenters. The lowest BCUT2D eigenvalue weighted by Gasteiger charge is -2.58. The van der Waals surface area contributed by atoms with Crippen molar-refractivity contribution in [2.45, 2.75) is 131 Å². The first-order valence-corrected chi connectivity index (χ1v) is 27.4. The molecule has 0 heterocycles. The van der Waals surface area contributed by atoms with Crippen LogP contribution in [0.2, 0.25) is 58.9 Å². The number of esters is 1. The summed E-state index contributed by atoms with van der Waals surface area (Å²) in [6, 6.07) is 0. The predicted octanol–water partition coefficient (Wildman–Crippen LogP) is 9.00. The molecule has 0 aliphatic heterocycles. The Morgan fingerprint density at radius 3 is 2.11 bits per heavy atom. The molecule has 0 aromatic heterocycles. The van der Waals surface area contributed by atoms with Crippen LogP contribution in [-0.4, -0.2) is 55.2 Å². The highest BCUT2D eigenvalue weighted by Crippen LogP contribution is 2.66. The molecule has 0 saturated heterocycles. The Kier molecular flexibility index (Phi) is 10.5. The highest BCUT2D eigenvalue weighted by atomic mass is 28.4. The van der Waals surface area contributed by atoms with E-state index in [1.54, 1.807) is 0 Å². The lowest BCUT2D eigenvalue weighted by molar-refractivity contribution is -0.141. The van der Waals surface area contributed by atoms with Gasteiger partial charge in [-0.1, -0.05) is 26.3 Å². The van der Waals surface area contributed by atoms with Crippen molar-refractivity contribution in [3.63, 3.8) is 0 Å². The van der Waals surface area contributed by atoms with Crippen LogP contribution in [0, 0.1) is 40.4 Å². The minimum atomic E-state index is -1.91. The average Bonchev–Trinajstić information content (AvgIpc) is 3.28. The standard InChI is InChI=1S/C34H61N3O5Si3/c1-23(14-17-31(38)39-4)26-15-16-27-32-28(22-30(34(26,27)3)37-42-45(11,12)13)33(2)19-18-25(35-40-43(5,6)7)20-24(33)21-29(32)36-41-44(8,9)10/h20,23,26-28,32H,14-19,21-22H2,1-13H3/b35-25-,36-29+,37-30+. The summed E-state index contributed by atoms with van der Waals surface area (Å²) in [5.41, 5.74) is 4.74. The Labute approximate surface area is 276 Å². The summed E-state index contributed by atoms with van der Waals surface area (Å²) in [5.74, 6) is 1.69. The monoisotopic (exact) mass is 675 g/mol. The molecule has 4 aliphatic rings. The van der Waals surface area contributed by atoms with Gasteiger partial charge in [0.05, 0.1) is 24.2 Å². The van der Waals surface area contributed by atoms with Crippen LogP contribution < -0.4 is 0 Å². The molecule has 0 radical (unpaired) electrons. The maximum Gasteiger partial charge on any atom is 0.305 e. The maximum absolute atomic E-state index is 12.1. The molecular formula is C34H61N3O5Si3. The van der Waals surface area contributed by atoms with E-state index in [1.165, 1.54) is 24.1 Å². The third kappa shape index (κ3) is 8.05. The number of allylic oxidation sites excluding steroid dienone is 2. The molecule has 0 aromatic rings. The van der Waals surface area contributed by atoms with Gasteiger partial charge in [-0.25, -0.2) is 0 Å². The van der Waals surface area contributed by atoms with Crippen molar-refractivity contribution in [2.24, 2.45) is 55.9 Å². The summed E-state index contributed by atoms with van der Waals surface area (Å²) in [6.07, 6.45) is 9.49. The smallest absolute Gasteiger partial charge is 0.305 e. The van der Waals surface area contributed by atoms with E-state index in [-0.39, 0.29) is 16.8 Å². The van der Waals surface area contributed by atoms with Gasteiger partial charge in [0, 0.05) is 24.2 Å². The third-order valence-corrected chi connectivity index (χ3v) is 12.7. The molecule has 0 N–H and O–H groups in total. The number of hydrogen-bond acceptors (Lipinski definition) is 8. The fraction of sp³-hybridized carbons (Fsp3) is 0.824. The highest BCUT2D eigenvalue weighted by Gasteiger charge is 2.64. The Balaban J connectivity index is 1.82. The summed E-state index contributed by atoms with van der Waals surface area (Å²) in [6.45, 7) is 27.0. The normalized spacial score (nSPS) is 35.3. The number of fused-ring (bicyclic) bond motifs is 5. The minimum absolute atomic E-state index is 0.0108. The SMILES string of the molecule is COC(=O)CCC(C)C1CCC2C3/C(=N/O[Si](C)(C)C)CC4=C/C(=N\O[Si](C)(C)C)CCC4(C)C3C/C(=N\O[Si](C)(C)C)C12C. The zero-order chi connectivity index (χ0) is 33.6. The fourth-order valence-electron chi connectivity index (χ4n) is 8.52. The second kappa shape index (κ2) is 13.1. The summed E-state index contributed by atoms with van der Waals surface area (Å²) in [4.78, 5) is 12.1. The molecule has 4 rings (SSSR count). The van der Waals surface area contributed by atoms with E-state index in [9.17, 15) is 4.79 Å². The number of carbonyl (C=O) groups excluding carboxylic acids is 1. The van der Waals surface area contributed by atoms with Crippen molar-refractivity contribution < 1.29 is 23.1 Å². The number of carbonyl (C=O) groups is 1. The topological polar surface area (TPSA) is 91.1 Å². The van der Waals surface area contributed by atoms with E-state index >= 15 is 0 Å². The molecule has 0 bridgehead atoms. The summed E-state index contributed by atoms with van der Waals surface area (Å²) in [7, 11) is -4.09. The zero-order valence-corrected chi connectivity index (χ0v) is 33.5. The molecular weight excluding hydrogens is 615 g/mol. The van der Waals surface area contributed by atoms with Crippen LogP contribution in [0.4, 0.5) is 0 Å². The first-order chi connectivity index (χ1) is 20.7. The van der Waals surface area contributed by atoms with E-state index in [4.69, 9.17) is 28.6 Å². The van der Waals surface area contributed by atoms with Crippen LogP contribution in [0.15, 0.2) is 27.1 Å². The van der Waals surface area contributed by atoms with Crippen LogP contribution in [0.25, 0.3) is 0 Å². The molecule has 8 nitrogen and oxygen atoms in total. The Hall–Kier alpha value is -1.73. The van der Waals surface area contributed by atoms with Crippen molar-refractivity contribution in [3.8, 4) is 0 Å². The van der Waals surface area contributed by atoms with Gasteiger partial charge in [0.15, 0.2) is 0 Å². The second-order valence-corrected chi connectivity index (χ2v) is 30.8. The number of hydrogen-bond donors (Lipinski definition) is 0. The summed E-state index contributed by atoms with van der Waals surface area (Å²) < 4.78 is 23.8. The van der Waals surface area contributed by atoms with Crippen molar-refractivity contribution in [1.82, 2.24) is 0 Å². The van der Waals surface area contributed by atoms with Crippen LogP contribution in [0.3, 0.4) is 0 Å². The molecule has 7 unspecified atom stereocenters. The van der Waals surface area contributed by atoms with E-state index in [0.29, 0.717) is 36.0 Å². The van der Waals surface area contributed by atoms with Crippen LogP contribution in [-0.2, 0) is 23.1 Å². The minimum Gasteiger partial charge on any atom is -0.469 e. The van der Waals surface area contributed by atoms with Gasteiger partial charge in [0.25, 0.3) is 25.0 Å². The summed E-state index contributed by atoms with van der Waals surface area (Å²) >= 11 is 0. The Morgan fingerprint density at radius 1 is 0.911 bits per heavy atom. The van der Waals surface area contributed by atoms with Crippen molar-refractivity contribution in [2.75, 3.05) is 7.11 Å². The van der Waals surface area contributed by atoms with Crippen LogP contribution in [0.5, 0.6) is 0 Å². The van der Waals surface area contributed by atoms with Crippen LogP contribution in [0.1, 0.15) is 72.1 Å². The molecule has 0 aromatic carbocycles. The van der Waals surface area contributed by atoms with Crippen LogP contribution >= 0.6 is 0 Å². The van der Waals surface area contributed by atoms with Gasteiger partial charge in [-0.15, -0.1) is 15.5 Å². The molecule has 3 saturated carbocycles. The van der Waals surface area contributed by atoms with E-state index in [2.05, 4.69) is 90.9 Å². The number of rotatable bonds is 10. The fourth-order valence-corrected chi connectivity index (χ4v) is 9.69. The molecule has 0 amide bonds. The number of oxime groups is 3. The Morgan fingerprint density at radius 2 is 1.51 bits per heavy atom. The highest BCUT2D eigenvalue weighted by molar-refractivity contribution is 6.70. The van der Waals surface area contributed by atoms with E-state index in [1.807, 2.05) is 0 Å². The Bertz CT molecular complexity index is 1240. The van der Waals surface area contributed by atoms with Crippen molar-refractivity contribution >= 4 is 48.1 Å². The van der Waals surface area contributed by atoms with Gasteiger partial charge >= 0.3 is 5.97 Å². The van der Waals surface area contributed by atoms with E-state index in [0.717, 1.165) is 50.7 Å². The lowest BCUT2D eigenvalue weighted by Crippen LogP contribution is -2.58.